The smallest absolute Gasteiger partial charge is 0.0766 e. The van der Waals surface area contributed by atoms with E-state index in [9.17, 15) is 0 Å². The average Bonchev–Trinajstić information content (AvgIpc) is 3.14. The zero-order valence-electron chi connectivity index (χ0n) is 12.6. The molecule has 1 heterocycles. The first kappa shape index (κ1) is 15.0. The van der Waals surface area contributed by atoms with E-state index in [1.54, 1.807) is 0 Å². The van der Waals surface area contributed by atoms with Crippen LogP contribution in [0.15, 0.2) is 4.47 Å². The number of hydrogen-bond donors (Lipinski definition) is 1. The van der Waals surface area contributed by atoms with Crippen molar-refractivity contribution >= 4 is 15.9 Å². The maximum Gasteiger partial charge on any atom is 0.0766 e. The molecule has 0 aliphatic heterocycles. The second-order valence-corrected chi connectivity index (χ2v) is 6.69. The molecule has 0 radical (unpaired) electrons. The molecule has 108 valence electrons. The highest BCUT2D eigenvalue weighted by atomic mass is 79.9. The van der Waals surface area contributed by atoms with Crippen LogP contribution in [-0.2, 0) is 19.9 Å². The van der Waals surface area contributed by atoms with E-state index in [1.807, 2.05) is 0 Å². The molecule has 1 unspecified atom stereocenters. The van der Waals surface area contributed by atoms with Gasteiger partial charge in [0.25, 0.3) is 0 Å². The van der Waals surface area contributed by atoms with E-state index in [0.29, 0.717) is 11.5 Å². The Morgan fingerprint density at radius 3 is 2.58 bits per heavy atom. The van der Waals surface area contributed by atoms with Gasteiger partial charge in [0, 0.05) is 13.1 Å². The first-order valence-electron chi connectivity index (χ1n) is 7.47. The Hall–Kier alpha value is -0.350. The number of aromatic nitrogens is 2. The van der Waals surface area contributed by atoms with E-state index in [2.05, 4.69) is 58.8 Å². The maximum atomic E-state index is 4.61. The third-order valence-corrected chi connectivity index (χ3v) is 5.45. The lowest BCUT2D eigenvalue weighted by Gasteiger charge is -2.24. The molecule has 1 aliphatic carbocycles. The topological polar surface area (TPSA) is 29.9 Å². The minimum atomic E-state index is 0.455. The van der Waals surface area contributed by atoms with Gasteiger partial charge in [0.15, 0.2) is 0 Å². The summed E-state index contributed by atoms with van der Waals surface area (Å²) in [7, 11) is 2.07. The Balaban J connectivity index is 2.10. The summed E-state index contributed by atoms with van der Waals surface area (Å²) in [6.45, 7) is 7.85. The molecule has 19 heavy (non-hydrogen) atoms. The van der Waals surface area contributed by atoms with Crippen molar-refractivity contribution in [3.63, 3.8) is 0 Å². The fourth-order valence-electron chi connectivity index (χ4n) is 2.85. The summed E-state index contributed by atoms with van der Waals surface area (Å²) in [5.41, 5.74) is 3.00. The standard InChI is InChI=1S/C15H26BrN3/c1-5-9-17-11(3)15(7-8-15)10-13-14(16)12(6-2)18-19(13)4/h11,17H,5-10H2,1-4H3. The van der Waals surface area contributed by atoms with Gasteiger partial charge in [-0.1, -0.05) is 13.8 Å². The molecule has 0 saturated heterocycles. The predicted molar refractivity (Wildman–Crippen MR) is 83.4 cm³/mol. The highest BCUT2D eigenvalue weighted by molar-refractivity contribution is 9.10. The maximum absolute atomic E-state index is 4.61. The second kappa shape index (κ2) is 5.96. The molecule has 1 N–H and O–H groups in total. The summed E-state index contributed by atoms with van der Waals surface area (Å²) >= 11 is 3.74. The van der Waals surface area contributed by atoms with Crippen LogP contribution in [0.1, 0.15) is 51.4 Å². The van der Waals surface area contributed by atoms with Gasteiger partial charge in [-0.15, -0.1) is 0 Å². The normalized spacial score (nSPS) is 18.6. The molecule has 1 aromatic heterocycles. The van der Waals surface area contributed by atoms with Crippen LogP contribution in [0.5, 0.6) is 0 Å². The second-order valence-electron chi connectivity index (χ2n) is 5.90. The van der Waals surface area contributed by atoms with Crippen LogP contribution >= 0.6 is 15.9 Å². The van der Waals surface area contributed by atoms with Gasteiger partial charge >= 0.3 is 0 Å². The van der Waals surface area contributed by atoms with E-state index in [0.717, 1.165) is 19.4 Å². The van der Waals surface area contributed by atoms with Crippen LogP contribution in [-0.4, -0.2) is 22.4 Å². The first-order chi connectivity index (χ1) is 9.04. The molecule has 1 atom stereocenters. The largest absolute Gasteiger partial charge is 0.314 e. The van der Waals surface area contributed by atoms with Crippen molar-refractivity contribution in [3.8, 4) is 0 Å². The van der Waals surface area contributed by atoms with E-state index < -0.39 is 0 Å². The zero-order chi connectivity index (χ0) is 14.0. The zero-order valence-corrected chi connectivity index (χ0v) is 14.2. The molecule has 0 bridgehead atoms. The van der Waals surface area contributed by atoms with Gasteiger partial charge in [0.05, 0.1) is 15.9 Å². The van der Waals surface area contributed by atoms with E-state index >= 15 is 0 Å². The van der Waals surface area contributed by atoms with Crippen molar-refractivity contribution in [2.45, 2.75) is 58.9 Å². The SMILES string of the molecule is CCCNC(C)C1(Cc2c(Br)c(CC)nn2C)CC1. The Morgan fingerprint density at radius 2 is 2.11 bits per heavy atom. The molecular weight excluding hydrogens is 302 g/mol. The Morgan fingerprint density at radius 1 is 1.42 bits per heavy atom. The van der Waals surface area contributed by atoms with E-state index in [1.165, 1.54) is 35.1 Å². The van der Waals surface area contributed by atoms with Crippen molar-refractivity contribution < 1.29 is 0 Å². The van der Waals surface area contributed by atoms with Gasteiger partial charge in [0.1, 0.15) is 0 Å². The molecule has 0 aromatic carbocycles. The van der Waals surface area contributed by atoms with Crippen molar-refractivity contribution in [1.82, 2.24) is 15.1 Å². The summed E-state index contributed by atoms with van der Waals surface area (Å²) in [5.74, 6) is 0. The van der Waals surface area contributed by atoms with Crippen LogP contribution < -0.4 is 5.32 Å². The summed E-state index contributed by atoms with van der Waals surface area (Å²) in [6.07, 6.45) is 6.00. The number of aryl methyl sites for hydroxylation is 2. The highest BCUT2D eigenvalue weighted by Crippen LogP contribution is 2.52. The van der Waals surface area contributed by atoms with Crippen molar-refractivity contribution in [2.75, 3.05) is 6.54 Å². The van der Waals surface area contributed by atoms with Crippen molar-refractivity contribution in [1.29, 1.82) is 0 Å². The Kier molecular flexibility index (Phi) is 4.72. The first-order valence-corrected chi connectivity index (χ1v) is 8.27. The fraction of sp³-hybridized carbons (Fsp3) is 0.800. The number of nitrogens with zero attached hydrogens (tertiary/aromatic N) is 2. The summed E-state index contributed by atoms with van der Waals surface area (Å²) < 4.78 is 3.29. The molecule has 1 aliphatic rings. The van der Waals surface area contributed by atoms with Crippen LogP contribution in [0.3, 0.4) is 0 Å². The monoisotopic (exact) mass is 327 g/mol. The van der Waals surface area contributed by atoms with Gasteiger partial charge in [-0.2, -0.15) is 5.10 Å². The molecule has 0 spiro atoms. The lowest BCUT2D eigenvalue weighted by Crippen LogP contribution is -2.37. The molecule has 2 rings (SSSR count). The van der Waals surface area contributed by atoms with Gasteiger partial charge in [-0.25, -0.2) is 0 Å². The lowest BCUT2D eigenvalue weighted by molar-refractivity contribution is 0.343. The Bertz CT molecular complexity index is 435. The molecule has 1 aromatic rings. The summed E-state index contributed by atoms with van der Waals surface area (Å²) in [4.78, 5) is 0. The summed E-state index contributed by atoms with van der Waals surface area (Å²) in [6, 6.07) is 0.597. The Labute approximate surface area is 125 Å². The van der Waals surface area contributed by atoms with E-state index in [-0.39, 0.29) is 0 Å². The van der Waals surface area contributed by atoms with E-state index in [4.69, 9.17) is 0 Å². The van der Waals surface area contributed by atoms with Crippen LogP contribution in [0, 0.1) is 5.41 Å². The third kappa shape index (κ3) is 3.05. The molecule has 1 saturated carbocycles. The fourth-order valence-corrected chi connectivity index (χ4v) is 3.60. The van der Waals surface area contributed by atoms with Crippen molar-refractivity contribution in [2.24, 2.45) is 12.5 Å². The number of hydrogen-bond acceptors (Lipinski definition) is 2. The molecular formula is C15H26BrN3. The minimum Gasteiger partial charge on any atom is -0.314 e. The van der Waals surface area contributed by atoms with Crippen LogP contribution in [0.25, 0.3) is 0 Å². The van der Waals surface area contributed by atoms with Gasteiger partial charge in [-0.05, 0) is 66.9 Å². The molecule has 0 amide bonds. The third-order valence-electron chi connectivity index (χ3n) is 4.53. The average molecular weight is 328 g/mol. The predicted octanol–water partition coefficient (Wildman–Crippen LogP) is 3.46. The van der Waals surface area contributed by atoms with Gasteiger partial charge < -0.3 is 5.32 Å². The van der Waals surface area contributed by atoms with Gasteiger partial charge in [-0.3, -0.25) is 4.68 Å². The minimum absolute atomic E-state index is 0.455. The molecule has 3 nitrogen and oxygen atoms in total. The molecule has 1 fully saturated rings. The number of halogens is 1. The van der Waals surface area contributed by atoms with Crippen LogP contribution in [0.4, 0.5) is 0 Å². The lowest BCUT2D eigenvalue weighted by atomic mass is 9.92. The van der Waals surface area contributed by atoms with Crippen molar-refractivity contribution in [3.05, 3.63) is 15.9 Å². The quantitative estimate of drug-likeness (QED) is 0.831. The molecule has 4 heteroatoms. The number of rotatable bonds is 7. The number of nitrogens with one attached hydrogen (secondary N) is 1. The van der Waals surface area contributed by atoms with Gasteiger partial charge in [0.2, 0.25) is 0 Å². The highest BCUT2D eigenvalue weighted by Gasteiger charge is 2.47. The van der Waals surface area contributed by atoms with Crippen LogP contribution in [0.2, 0.25) is 0 Å². The summed E-state index contributed by atoms with van der Waals surface area (Å²) in [5, 5.41) is 8.28.